The van der Waals surface area contributed by atoms with E-state index in [4.69, 9.17) is 4.74 Å². The van der Waals surface area contributed by atoms with Gasteiger partial charge in [0.2, 0.25) is 0 Å². The van der Waals surface area contributed by atoms with E-state index < -0.39 is 0 Å². The van der Waals surface area contributed by atoms with Crippen molar-refractivity contribution in [3.8, 4) is 0 Å². The summed E-state index contributed by atoms with van der Waals surface area (Å²) in [6.45, 7) is 2.11. The highest BCUT2D eigenvalue weighted by atomic mass is 79.9. The maximum Gasteiger partial charge on any atom is 0.0572 e. The van der Waals surface area contributed by atoms with Gasteiger partial charge in [0.05, 0.1) is 6.10 Å². The lowest BCUT2D eigenvalue weighted by Gasteiger charge is -2.29. The van der Waals surface area contributed by atoms with Crippen molar-refractivity contribution in [3.05, 3.63) is 28.2 Å². The number of methoxy groups -OCH3 is 1. The normalized spacial score (nSPS) is 24.6. The van der Waals surface area contributed by atoms with Gasteiger partial charge < -0.3 is 10.1 Å². The van der Waals surface area contributed by atoms with Crippen LogP contribution in [0, 0.1) is 6.92 Å². The summed E-state index contributed by atoms with van der Waals surface area (Å²) in [6.07, 6.45) is 5.20. The molecule has 0 unspecified atom stereocenters. The van der Waals surface area contributed by atoms with E-state index in [-0.39, 0.29) is 0 Å². The summed E-state index contributed by atoms with van der Waals surface area (Å²) >= 11 is 3.57. The fraction of sp³-hybridized carbons (Fsp3) is 0.571. The lowest BCUT2D eigenvalue weighted by molar-refractivity contribution is 0.0682. The zero-order valence-electron chi connectivity index (χ0n) is 10.5. The van der Waals surface area contributed by atoms with E-state index in [1.807, 2.05) is 7.11 Å². The third-order valence-corrected chi connectivity index (χ3v) is 4.40. The minimum Gasteiger partial charge on any atom is -0.382 e. The van der Waals surface area contributed by atoms with Gasteiger partial charge in [-0.15, -0.1) is 0 Å². The maximum absolute atomic E-state index is 5.39. The van der Waals surface area contributed by atoms with E-state index in [0.717, 1.165) is 0 Å². The van der Waals surface area contributed by atoms with Crippen LogP contribution in [0.4, 0.5) is 5.69 Å². The molecule has 1 fully saturated rings. The Morgan fingerprint density at radius 1 is 1.24 bits per heavy atom. The summed E-state index contributed by atoms with van der Waals surface area (Å²) in [4.78, 5) is 0. The van der Waals surface area contributed by atoms with Gasteiger partial charge in [0, 0.05) is 23.3 Å². The molecule has 1 aromatic carbocycles. The number of anilines is 1. The van der Waals surface area contributed by atoms with Gasteiger partial charge in [-0.3, -0.25) is 0 Å². The van der Waals surface area contributed by atoms with Crippen LogP contribution in [0.25, 0.3) is 0 Å². The first-order chi connectivity index (χ1) is 8.19. The molecule has 1 aliphatic carbocycles. The highest BCUT2D eigenvalue weighted by Gasteiger charge is 2.20. The van der Waals surface area contributed by atoms with Crippen molar-refractivity contribution in [2.24, 2.45) is 0 Å². The standard InChI is InChI=1S/C14H20BrNO/c1-10-3-4-12(9-14(10)15)16-11-5-7-13(17-2)8-6-11/h3-4,9,11,13,16H,5-8H2,1-2H3. The van der Waals surface area contributed by atoms with E-state index in [2.05, 4.69) is 46.4 Å². The molecule has 2 nitrogen and oxygen atoms in total. The molecule has 17 heavy (non-hydrogen) atoms. The molecule has 2 rings (SSSR count). The van der Waals surface area contributed by atoms with Crippen molar-refractivity contribution in [2.75, 3.05) is 12.4 Å². The molecule has 1 N–H and O–H groups in total. The number of ether oxygens (including phenoxy) is 1. The van der Waals surface area contributed by atoms with Crippen molar-refractivity contribution in [1.82, 2.24) is 0 Å². The third-order valence-electron chi connectivity index (χ3n) is 3.55. The molecule has 0 atom stereocenters. The monoisotopic (exact) mass is 297 g/mol. The second-order valence-electron chi connectivity index (χ2n) is 4.82. The molecular formula is C14H20BrNO. The van der Waals surface area contributed by atoms with Crippen LogP contribution in [0.5, 0.6) is 0 Å². The molecule has 1 saturated carbocycles. The van der Waals surface area contributed by atoms with Crippen molar-refractivity contribution >= 4 is 21.6 Å². The molecule has 0 bridgehead atoms. The van der Waals surface area contributed by atoms with Gasteiger partial charge in [-0.25, -0.2) is 0 Å². The topological polar surface area (TPSA) is 21.3 Å². The highest BCUT2D eigenvalue weighted by Crippen LogP contribution is 2.26. The fourth-order valence-electron chi connectivity index (χ4n) is 2.36. The molecule has 0 saturated heterocycles. The Morgan fingerprint density at radius 3 is 2.53 bits per heavy atom. The van der Waals surface area contributed by atoms with Gasteiger partial charge >= 0.3 is 0 Å². The lowest BCUT2D eigenvalue weighted by Crippen LogP contribution is -2.29. The summed E-state index contributed by atoms with van der Waals surface area (Å²) in [6, 6.07) is 7.06. The Hall–Kier alpha value is -0.540. The average molecular weight is 298 g/mol. The molecule has 1 aromatic rings. The van der Waals surface area contributed by atoms with Gasteiger partial charge in [0.1, 0.15) is 0 Å². The number of hydrogen-bond acceptors (Lipinski definition) is 2. The van der Waals surface area contributed by atoms with Crippen LogP contribution in [0.1, 0.15) is 31.2 Å². The number of halogens is 1. The highest BCUT2D eigenvalue weighted by molar-refractivity contribution is 9.10. The summed E-state index contributed by atoms with van der Waals surface area (Å²) in [5.41, 5.74) is 2.49. The molecule has 94 valence electrons. The van der Waals surface area contributed by atoms with Crippen LogP contribution in [-0.2, 0) is 4.74 Å². The largest absolute Gasteiger partial charge is 0.382 e. The zero-order chi connectivity index (χ0) is 12.3. The minimum atomic E-state index is 0.470. The van der Waals surface area contributed by atoms with Crippen LogP contribution >= 0.6 is 15.9 Å². The molecule has 0 radical (unpaired) electrons. The number of benzene rings is 1. The second-order valence-corrected chi connectivity index (χ2v) is 5.67. The molecular weight excluding hydrogens is 278 g/mol. The van der Waals surface area contributed by atoms with Crippen LogP contribution in [0.15, 0.2) is 22.7 Å². The third kappa shape index (κ3) is 3.46. The Balaban J connectivity index is 1.91. The SMILES string of the molecule is COC1CCC(Nc2ccc(C)c(Br)c2)CC1. The van der Waals surface area contributed by atoms with Crippen molar-refractivity contribution < 1.29 is 4.74 Å². The summed E-state index contributed by atoms with van der Waals surface area (Å²) < 4.78 is 6.56. The average Bonchev–Trinajstić information content (AvgIpc) is 2.35. The number of hydrogen-bond donors (Lipinski definition) is 1. The van der Waals surface area contributed by atoms with Crippen LogP contribution in [0.3, 0.4) is 0 Å². The fourth-order valence-corrected chi connectivity index (χ4v) is 2.74. The number of rotatable bonds is 3. The molecule has 0 amide bonds. The molecule has 0 heterocycles. The predicted molar refractivity (Wildman–Crippen MR) is 75.6 cm³/mol. The van der Waals surface area contributed by atoms with Gasteiger partial charge in [0.15, 0.2) is 0 Å². The Kier molecular flexibility index (Phi) is 4.46. The van der Waals surface area contributed by atoms with E-state index in [0.29, 0.717) is 12.1 Å². The van der Waals surface area contributed by atoms with Crippen molar-refractivity contribution in [2.45, 2.75) is 44.8 Å². The second kappa shape index (κ2) is 5.87. The Morgan fingerprint density at radius 2 is 1.94 bits per heavy atom. The smallest absolute Gasteiger partial charge is 0.0572 e. The molecule has 1 aliphatic rings. The summed E-state index contributed by atoms with van der Waals surface area (Å²) in [7, 11) is 1.81. The first kappa shape index (κ1) is 12.9. The predicted octanol–water partition coefficient (Wildman–Crippen LogP) is 4.13. The molecule has 0 aliphatic heterocycles. The first-order valence-corrected chi connectivity index (χ1v) is 7.04. The van der Waals surface area contributed by atoms with Crippen LogP contribution in [0.2, 0.25) is 0 Å². The van der Waals surface area contributed by atoms with E-state index in [1.165, 1.54) is 41.4 Å². The van der Waals surface area contributed by atoms with E-state index in [9.17, 15) is 0 Å². The molecule has 0 aromatic heterocycles. The van der Waals surface area contributed by atoms with Crippen LogP contribution in [-0.4, -0.2) is 19.3 Å². The number of aryl methyl sites for hydroxylation is 1. The Bertz CT molecular complexity index is 372. The van der Waals surface area contributed by atoms with Gasteiger partial charge in [-0.1, -0.05) is 22.0 Å². The lowest BCUT2D eigenvalue weighted by atomic mass is 9.93. The van der Waals surface area contributed by atoms with Crippen molar-refractivity contribution in [3.63, 3.8) is 0 Å². The van der Waals surface area contributed by atoms with E-state index in [1.54, 1.807) is 0 Å². The summed E-state index contributed by atoms with van der Waals surface area (Å²) in [5, 5.41) is 3.61. The van der Waals surface area contributed by atoms with Gasteiger partial charge in [-0.05, 0) is 50.3 Å². The number of nitrogens with one attached hydrogen (secondary N) is 1. The Labute approximate surface area is 112 Å². The first-order valence-electron chi connectivity index (χ1n) is 6.24. The summed E-state index contributed by atoms with van der Waals surface area (Å²) in [5.74, 6) is 0. The van der Waals surface area contributed by atoms with Crippen molar-refractivity contribution in [1.29, 1.82) is 0 Å². The van der Waals surface area contributed by atoms with E-state index >= 15 is 0 Å². The molecule has 3 heteroatoms. The van der Waals surface area contributed by atoms with Gasteiger partial charge in [-0.2, -0.15) is 0 Å². The zero-order valence-corrected chi connectivity index (χ0v) is 12.1. The molecule has 0 spiro atoms. The van der Waals surface area contributed by atoms with Gasteiger partial charge in [0.25, 0.3) is 0 Å². The minimum absolute atomic E-state index is 0.470. The van der Waals surface area contributed by atoms with Crippen LogP contribution < -0.4 is 5.32 Å². The quantitative estimate of drug-likeness (QED) is 0.906. The maximum atomic E-state index is 5.39.